The maximum absolute atomic E-state index is 5.91. The van der Waals surface area contributed by atoms with Gasteiger partial charge in [0.1, 0.15) is 0 Å². The van der Waals surface area contributed by atoms with E-state index in [0.29, 0.717) is 0 Å². The van der Waals surface area contributed by atoms with Gasteiger partial charge in [-0.2, -0.15) is 11.8 Å². The van der Waals surface area contributed by atoms with Crippen LogP contribution in [0.4, 0.5) is 0 Å². The van der Waals surface area contributed by atoms with Crippen molar-refractivity contribution in [3.8, 4) is 0 Å². The van der Waals surface area contributed by atoms with Gasteiger partial charge in [0.05, 0.1) is 12.7 Å². The van der Waals surface area contributed by atoms with Crippen LogP contribution in [-0.4, -0.2) is 53.8 Å². The Morgan fingerprint density at radius 1 is 1.53 bits per heavy atom. The van der Waals surface area contributed by atoms with Gasteiger partial charge in [0, 0.05) is 30.4 Å². The molecule has 0 radical (unpaired) electrons. The van der Waals surface area contributed by atoms with E-state index in [2.05, 4.69) is 23.6 Å². The van der Waals surface area contributed by atoms with E-state index in [1.54, 1.807) is 0 Å². The molecule has 0 spiro atoms. The van der Waals surface area contributed by atoms with Crippen LogP contribution in [0, 0.1) is 0 Å². The highest BCUT2D eigenvalue weighted by Crippen LogP contribution is 2.31. The number of nitrogens with two attached hydrogens (primary N) is 1. The van der Waals surface area contributed by atoms with Crippen molar-refractivity contribution in [1.29, 1.82) is 0 Å². The van der Waals surface area contributed by atoms with Crippen LogP contribution in [0.3, 0.4) is 0 Å². The summed E-state index contributed by atoms with van der Waals surface area (Å²) in [6, 6.07) is 0.900. The first-order valence-corrected chi connectivity index (χ1v) is 6.96. The van der Waals surface area contributed by atoms with E-state index in [4.69, 9.17) is 10.5 Å². The number of rotatable bonds is 2. The van der Waals surface area contributed by atoms with Crippen LogP contribution >= 0.6 is 11.8 Å². The zero-order valence-electron chi connectivity index (χ0n) is 9.69. The lowest BCUT2D eigenvalue weighted by atomic mass is 10.1. The Morgan fingerprint density at radius 3 is 2.93 bits per heavy atom. The lowest BCUT2D eigenvalue weighted by Gasteiger charge is -2.39. The van der Waals surface area contributed by atoms with Gasteiger partial charge in [-0.1, -0.05) is 6.92 Å². The van der Waals surface area contributed by atoms with Crippen LogP contribution < -0.4 is 5.73 Å². The smallest absolute Gasteiger partial charge is 0.0850 e. The molecule has 2 saturated heterocycles. The minimum atomic E-state index is 0.150. The van der Waals surface area contributed by atoms with Gasteiger partial charge < -0.3 is 10.5 Å². The molecule has 2 fully saturated rings. The van der Waals surface area contributed by atoms with Crippen LogP contribution in [0.2, 0.25) is 0 Å². The number of nitrogens with zero attached hydrogens (tertiary/aromatic N) is 1. The predicted octanol–water partition coefficient (Wildman–Crippen LogP) is 0.928. The molecule has 2 aliphatic heterocycles. The number of thioether (sulfide) groups is 1. The number of morpholine rings is 1. The van der Waals surface area contributed by atoms with Crippen molar-refractivity contribution in [1.82, 2.24) is 4.90 Å². The summed E-state index contributed by atoms with van der Waals surface area (Å²) in [6.45, 7) is 7.34. The second kappa shape index (κ2) is 5.04. The summed E-state index contributed by atoms with van der Waals surface area (Å²) in [5, 5.41) is 0.775. The summed E-state index contributed by atoms with van der Waals surface area (Å²) in [4.78, 5) is 2.59. The Hall–Kier alpha value is 0.230. The lowest BCUT2D eigenvalue weighted by Crippen LogP contribution is -2.53. The van der Waals surface area contributed by atoms with Gasteiger partial charge in [-0.05, 0) is 19.1 Å². The molecule has 15 heavy (non-hydrogen) atoms. The minimum absolute atomic E-state index is 0.150. The van der Waals surface area contributed by atoms with Gasteiger partial charge >= 0.3 is 0 Å². The standard InChI is InChI=1S/C11H22N2OS/c1-8(12)11-7-13(4-5-14-11)10-3-6-15-9(10)2/h8-11H,3-7,12H2,1-2H3. The zero-order valence-corrected chi connectivity index (χ0v) is 10.5. The molecule has 4 heteroatoms. The Bertz CT molecular complexity index is 213. The summed E-state index contributed by atoms with van der Waals surface area (Å²) in [5.74, 6) is 1.31. The Morgan fingerprint density at radius 2 is 2.33 bits per heavy atom. The minimum Gasteiger partial charge on any atom is -0.374 e. The molecule has 0 saturated carbocycles. The average Bonchev–Trinajstić information content (AvgIpc) is 2.64. The first kappa shape index (κ1) is 11.7. The van der Waals surface area contributed by atoms with E-state index in [0.717, 1.165) is 31.0 Å². The van der Waals surface area contributed by atoms with Crippen LogP contribution in [0.5, 0.6) is 0 Å². The normalized spacial score (nSPS) is 40.6. The molecule has 3 nitrogen and oxygen atoms in total. The van der Waals surface area contributed by atoms with Gasteiger partial charge in [0.25, 0.3) is 0 Å². The molecule has 0 aromatic rings. The van der Waals surface area contributed by atoms with E-state index in [9.17, 15) is 0 Å². The molecule has 88 valence electrons. The zero-order chi connectivity index (χ0) is 10.8. The maximum Gasteiger partial charge on any atom is 0.0850 e. The number of hydrogen-bond donors (Lipinski definition) is 1. The SMILES string of the molecule is CC(N)C1CN(C2CCSC2C)CCO1. The summed E-state index contributed by atoms with van der Waals surface area (Å²) >= 11 is 2.09. The molecular formula is C11H22N2OS. The third-order valence-electron chi connectivity index (χ3n) is 3.52. The molecule has 2 heterocycles. The molecule has 2 rings (SSSR count). The molecule has 2 N–H and O–H groups in total. The Kier molecular flexibility index (Phi) is 3.93. The molecule has 0 amide bonds. The second-order valence-corrected chi connectivity index (χ2v) is 6.18. The first-order chi connectivity index (χ1) is 7.18. The summed E-state index contributed by atoms with van der Waals surface area (Å²) in [6.07, 6.45) is 1.56. The molecule has 4 atom stereocenters. The van der Waals surface area contributed by atoms with Crippen LogP contribution in [0.15, 0.2) is 0 Å². The highest BCUT2D eigenvalue weighted by molar-refractivity contribution is 8.00. The van der Waals surface area contributed by atoms with Crippen molar-refractivity contribution < 1.29 is 4.74 Å². The van der Waals surface area contributed by atoms with Crippen LogP contribution in [-0.2, 0) is 4.74 Å². The lowest BCUT2D eigenvalue weighted by molar-refractivity contribution is -0.0507. The van der Waals surface area contributed by atoms with E-state index in [1.807, 2.05) is 6.92 Å². The molecular weight excluding hydrogens is 208 g/mol. The van der Waals surface area contributed by atoms with Gasteiger partial charge in [-0.3, -0.25) is 4.90 Å². The van der Waals surface area contributed by atoms with E-state index >= 15 is 0 Å². The van der Waals surface area contributed by atoms with Crippen molar-refractivity contribution in [2.24, 2.45) is 5.73 Å². The number of ether oxygens (including phenoxy) is 1. The van der Waals surface area contributed by atoms with E-state index in [1.165, 1.54) is 12.2 Å². The molecule has 2 aliphatic rings. The third kappa shape index (κ3) is 2.67. The molecule has 0 bridgehead atoms. The summed E-state index contributed by atoms with van der Waals surface area (Å²) < 4.78 is 5.69. The quantitative estimate of drug-likeness (QED) is 0.766. The van der Waals surface area contributed by atoms with Gasteiger partial charge in [-0.15, -0.1) is 0 Å². The van der Waals surface area contributed by atoms with Crippen molar-refractivity contribution in [3.63, 3.8) is 0 Å². The molecule has 0 aromatic heterocycles. The monoisotopic (exact) mass is 230 g/mol. The first-order valence-electron chi connectivity index (χ1n) is 5.91. The maximum atomic E-state index is 5.91. The van der Waals surface area contributed by atoms with Gasteiger partial charge in [-0.25, -0.2) is 0 Å². The molecule has 0 aliphatic carbocycles. The van der Waals surface area contributed by atoms with Crippen molar-refractivity contribution >= 4 is 11.8 Å². The fourth-order valence-corrected chi connectivity index (χ4v) is 3.80. The highest BCUT2D eigenvalue weighted by Gasteiger charge is 2.33. The van der Waals surface area contributed by atoms with E-state index < -0.39 is 0 Å². The summed E-state index contributed by atoms with van der Waals surface area (Å²) in [5.41, 5.74) is 5.91. The van der Waals surface area contributed by atoms with Crippen molar-refractivity contribution in [2.75, 3.05) is 25.4 Å². The average molecular weight is 230 g/mol. The highest BCUT2D eigenvalue weighted by atomic mass is 32.2. The third-order valence-corrected chi connectivity index (χ3v) is 4.83. The molecule has 0 aromatic carbocycles. The fraction of sp³-hybridized carbons (Fsp3) is 1.00. The van der Waals surface area contributed by atoms with Crippen LogP contribution in [0.1, 0.15) is 20.3 Å². The second-order valence-electron chi connectivity index (χ2n) is 4.70. The summed E-state index contributed by atoms with van der Waals surface area (Å²) in [7, 11) is 0. The van der Waals surface area contributed by atoms with Crippen LogP contribution in [0.25, 0.3) is 0 Å². The Balaban J connectivity index is 1.92. The van der Waals surface area contributed by atoms with Gasteiger partial charge in [0.15, 0.2) is 0 Å². The molecule has 4 unspecified atom stereocenters. The fourth-order valence-electron chi connectivity index (χ4n) is 2.52. The van der Waals surface area contributed by atoms with Crippen molar-refractivity contribution in [2.45, 2.75) is 43.7 Å². The van der Waals surface area contributed by atoms with E-state index in [-0.39, 0.29) is 12.1 Å². The largest absolute Gasteiger partial charge is 0.374 e. The van der Waals surface area contributed by atoms with Crippen molar-refractivity contribution in [3.05, 3.63) is 0 Å². The topological polar surface area (TPSA) is 38.5 Å². The number of hydrogen-bond acceptors (Lipinski definition) is 4. The Labute approximate surface area is 96.7 Å². The van der Waals surface area contributed by atoms with Gasteiger partial charge in [0.2, 0.25) is 0 Å². The predicted molar refractivity (Wildman–Crippen MR) is 65.3 cm³/mol.